The Kier molecular flexibility index (Phi) is 4.10. The van der Waals surface area contributed by atoms with Crippen LogP contribution in [0.25, 0.3) is 5.69 Å². The first-order chi connectivity index (χ1) is 11.2. The van der Waals surface area contributed by atoms with Gasteiger partial charge in [0.05, 0.1) is 5.69 Å². The minimum absolute atomic E-state index is 0.0322. The van der Waals surface area contributed by atoms with Crippen LogP contribution in [0.3, 0.4) is 0 Å². The van der Waals surface area contributed by atoms with Crippen LogP contribution in [0.15, 0.2) is 65.5 Å². The molecule has 0 saturated heterocycles. The van der Waals surface area contributed by atoms with Gasteiger partial charge in [-0.1, -0.05) is 48.5 Å². The van der Waals surface area contributed by atoms with Gasteiger partial charge in [-0.25, -0.2) is 9.48 Å². The zero-order valence-electron chi connectivity index (χ0n) is 12.7. The highest BCUT2D eigenvalue weighted by Gasteiger charge is 2.20. The molecule has 1 N–H and O–H groups in total. The van der Waals surface area contributed by atoms with Crippen LogP contribution in [0.2, 0.25) is 0 Å². The number of aryl methyl sites for hydroxylation is 1. The van der Waals surface area contributed by atoms with Crippen LogP contribution < -0.4 is 5.56 Å². The fourth-order valence-electron chi connectivity index (χ4n) is 2.34. The number of ether oxygens (including phenoxy) is 1. The Balaban J connectivity index is 1.84. The molecule has 0 aliphatic carbocycles. The maximum Gasteiger partial charge on any atom is 0.346 e. The predicted octanol–water partition coefficient (Wildman–Crippen LogP) is 2.83. The molecule has 3 rings (SSSR count). The van der Waals surface area contributed by atoms with Gasteiger partial charge in [-0.05, 0) is 24.6 Å². The Hall–Kier alpha value is -3.08. The lowest BCUT2D eigenvalue weighted by molar-refractivity contribution is 0.0470. The van der Waals surface area contributed by atoms with Crippen molar-refractivity contribution in [2.75, 3.05) is 0 Å². The van der Waals surface area contributed by atoms with E-state index in [1.54, 1.807) is 19.1 Å². The smallest absolute Gasteiger partial charge is 0.346 e. The number of nitrogens with zero attached hydrogens (tertiary/aromatic N) is 1. The van der Waals surface area contributed by atoms with Crippen LogP contribution in [0.1, 0.15) is 21.6 Å². The van der Waals surface area contributed by atoms with Crippen molar-refractivity contribution >= 4 is 5.97 Å². The number of aromatic nitrogens is 2. The first-order valence-corrected chi connectivity index (χ1v) is 7.25. The van der Waals surface area contributed by atoms with Gasteiger partial charge in [-0.15, -0.1) is 0 Å². The lowest BCUT2D eigenvalue weighted by Crippen LogP contribution is -2.21. The van der Waals surface area contributed by atoms with Crippen molar-refractivity contribution in [1.29, 1.82) is 0 Å². The second kappa shape index (κ2) is 6.36. The number of aromatic amines is 1. The first kappa shape index (κ1) is 14.8. The summed E-state index contributed by atoms with van der Waals surface area (Å²) in [7, 11) is 0. The molecular weight excluding hydrogens is 292 g/mol. The Morgan fingerprint density at radius 3 is 2.30 bits per heavy atom. The Bertz CT molecular complexity index is 864. The predicted molar refractivity (Wildman–Crippen MR) is 86.7 cm³/mol. The SMILES string of the molecule is Cc1[nH]n(-c2ccccc2)c(=O)c1C(=O)OCc1ccccc1. The van der Waals surface area contributed by atoms with E-state index in [1.807, 2.05) is 48.5 Å². The minimum Gasteiger partial charge on any atom is -0.457 e. The van der Waals surface area contributed by atoms with E-state index in [0.717, 1.165) is 5.56 Å². The van der Waals surface area contributed by atoms with Crippen LogP contribution in [-0.4, -0.2) is 15.7 Å². The molecule has 0 amide bonds. The van der Waals surface area contributed by atoms with E-state index in [1.165, 1.54) is 4.68 Å². The Morgan fingerprint density at radius 2 is 1.65 bits per heavy atom. The number of hydrogen-bond acceptors (Lipinski definition) is 3. The third-order valence-electron chi connectivity index (χ3n) is 3.50. The Morgan fingerprint density at radius 1 is 1.04 bits per heavy atom. The zero-order chi connectivity index (χ0) is 16.2. The standard InChI is InChI=1S/C18H16N2O3/c1-13-16(18(22)23-12-14-8-4-2-5-9-14)17(21)20(19-13)15-10-6-3-7-11-15/h2-11,19H,12H2,1H3. The van der Waals surface area contributed by atoms with E-state index >= 15 is 0 Å². The average molecular weight is 308 g/mol. The largest absolute Gasteiger partial charge is 0.457 e. The summed E-state index contributed by atoms with van der Waals surface area (Å²) in [5, 5.41) is 2.91. The fraction of sp³-hybridized carbons (Fsp3) is 0.111. The molecule has 0 saturated carbocycles. The molecule has 0 spiro atoms. The minimum atomic E-state index is -0.623. The quantitative estimate of drug-likeness (QED) is 0.754. The number of carbonyl (C=O) groups is 1. The van der Waals surface area contributed by atoms with Gasteiger partial charge >= 0.3 is 5.97 Å². The van der Waals surface area contributed by atoms with Crippen LogP contribution in [0.4, 0.5) is 0 Å². The summed E-state index contributed by atoms with van der Waals surface area (Å²) < 4.78 is 6.59. The van der Waals surface area contributed by atoms with E-state index in [2.05, 4.69) is 5.10 Å². The molecule has 5 nitrogen and oxygen atoms in total. The normalized spacial score (nSPS) is 10.5. The van der Waals surface area contributed by atoms with Crippen molar-refractivity contribution in [1.82, 2.24) is 9.78 Å². The summed E-state index contributed by atoms with van der Waals surface area (Å²) >= 11 is 0. The summed E-state index contributed by atoms with van der Waals surface area (Å²) in [4.78, 5) is 24.7. The van der Waals surface area contributed by atoms with Gasteiger partial charge in [0.15, 0.2) is 0 Å². The van der Waals surface area contributed by atoms with E-state index in [0.29, 0.717) is 11.4 Å². The number of nitrogens with one attached hydrogen (secondary N) is 1. The number of para-hydroxylation sites is 1. The fourth-order valence-corrected chi connectivity index (χ4v) is 2.34. The second-order valence-electron chi connectivity index (χ2n) is 5.15. The van der Waals surface area contributed by atoms with Crippen LogP contribution >= 0.6 is 0 Å². The van der Waals surface area contributed by atoms with Gasteiger partial charge in [-0.2, -0.15) is 0 Å². The van der Waals surface area contributed by atoms with E-state index in [4.69, 9.17) is 4.74 Å². The average Bonchev–Trinajstić information content (AvgIpc) is 2.89. The molecule has 1 aromatic heterocycles. The van der Waals surface area contributed by atoms with E-state index in [-0.39, 0.29) is 12.2 Å². The van der Waals surface area contributed by atoms with E-state index < -0.39 is 11.5 Å². The monoisotopic (exact) mass is 308 g/mol. The topological polar surface area (TPSA) is 64.1 Å². The second-order valence-corrected chi connectivity index (χ2v) is 5.15. The van der Waals surface area contributed by atoms with Crippen molar-refractivity contribution < 1.29 is 9.53 Å². The van der Waals surface area contributed by atoms with Gasteiger partial charge in [-0.3, -0.25) is 9.89 Å². The highest BCUT2D eigenvalue weighted by Crippen LogP contribution is 2.09. The molecule has 0 unspecified atom stereocenters. The number of hydrogen-bond donors (Lipinski definition) is 1. The van der Waals surface area contributed by atoms with Crippen molar-refractivity contribution in [2.45, 2.75) is 13.5 Å². The summed E-state index contributed by atoms with van der Waals surface area (Å²) in [6.45, 7) is 1.81. The molecule has 0 aliphatic heterocycles. The molecule has 2 aromatic carbocycles. The highest BCUT2D eigenvalue weighted by molar-refractivity contribution is 5.90. The third-order valence-corrected chi connectivity index (χ3v) is 3.50. The van der Waals surface area contributed by atoms with Gasteiger partial charge in [0.25, 0.3) is 5.56 Å². The molecule has 1 heterocycles. The maximum absolute atomic E-state index is 12.5. The zero-order valence-corrected chi connectivity index (χ0v) is 12.7. The maximum atomic E-state index is 12.5. The number of carbonyl (C=O) groups excluding carboxylic acids is 1. The summed E-state index contributed by atoms with van der Waals surface area (Å²) in [6, 6.07) is 18.4. The molecule has 23 heavy (non-hydrogen) atoms. The van der Waals surface area contributed by atoms with Crippen molar-refractivity contribution in [3.8, 4) is 5.69 Å². The molecule has 0 atom stereocenters. The van der Waals surface area contributed by atoms with Crippen molar-refractivity contribution in [3.63, 3.8) is 0 Å². The van der Waals surface area contributed by atoms with Crippen molar-refractivity contribution in [3.05, 3.63) is 87.8 Å². The highest BCUT2D eigenvalue weighted by atomic mass is 16.5. The van der Waals surface area contributed by atoms with Crippen LogP contribution in [0.5, 0.6) is 0 Å². The molecule has 0 bridgehead atoms. The molecule has 0 aliphatic rings. The summed E-state index contributed by atoms with van der Waals surface area (Å²) in [5.74, 6) is -0.623. The molecule has 0 radical (unpaired) electrons. The lowest BCUT2D eigenvalue weighted by Gasteiger charge is -2.03. The van der Waals surface area contributed by atoms with Crippen LogP contribution in [0, 0.1) is 6.92 Å². The molecule has 3 aromatic rings. The number of esters is 1. The molecule has 0 fully saturated rings. The Labute approximate surface area is 133 Å². The third kappa shape index (κ3) is 3.08. The molecule has 5 heteroatoms. The van der Waals surface area contributed by atoms with E-state index in [9.17, 15) is 9.59 Å². The molecule has 116 valence electrons. The van der Waals surface area contributed by atoms with Gasteiger partial charge in [0.1, 0.15) is 12.2 Å². The summed E-state index contributed by atoms with van der Waals surface area (Å²) in [5.41, 5.74) is 1.65. The van der Waals surface area contributed by atoms with Gasteiger partial charge in [0, 0.05) is 5.69 Å². The first-order valence-electron chi connectivity index (χ1n) is 7.25. The molecular formula is C18H16N2O3. The summed E-state index contributed by atoms with van der Waals surface area (Å²) in [6.07, 6.45) is 0. The number of rotatable bonds is 4. The van der Waals surface area contributed by atoms with Crippen LogP contribution in [-0.2, 0) is 11.3 Å². The van der Waals surface area contributed by atoms with Gasteiger partial charge in [0.2, 0.25) is 0 Å². The number of H-pyrrole nitrogens is 1. The van der Waals surface area contributed by atoms with Gasteiger partial charge < -0.3 is 4.74 Å². The lowest BCUT2D eigenvalue weighted by atomic mass is 10.2. The number of benzene rings is 2. The van der Waals surface area contributed by atoms with Crippen molar-refractivity contribution in [2.24, 2.45) is 0 Å².